The second kappa shape index (κ2) is 3.80. The Labute approximate surface area is 75.9 Å². The molecule has 0 amide bonds. The molecule has 1 rings (SSSR count). The fourth-order valence-electron chi connectivity index (χ4n) is 0.781. The van der Waals surface area contributed by atoms with Gasteiger partial charge in [0.25, 0.3) is 0 Å². The Morgan fingerprint density at radius 1 is 1.50 bits per heavy atom. The SMILES string of the molecule is N#CC=Cc1ccc(N)c(Cl)c1. The van der Waals surface area contributed by atoms with E-state index in [0.717, 1.165) is 5.56 Å². The van der Waals surface area contributed by atoms with Crippen LogP contribution in [0.2, 0.25) is 5.02 Å². The van der Waals surface area contributed by atoms with Gasteiger partial charge in [-0.1, -0.05) is 17.7 Å². The van der Waals surface area contributed by atoms with Crippen LogP contribution in [-0.2, 0) is 0 Å². The zero-order chi connectivity index (χ0) is 8.97. The number of benzene rings is 1. The maximum Gasteiger partial charge on any atom is 0.0912 e. The van der Waals surface area contributed by atoms with Crippen molar-refractivity contribution in [1.29, 1.82) is 5.26 Å². The average molecular weight is 179 g/mol. The number of allylic oxidation sites excluding steroid dienone is 1. The smallest absolute Gasteiger partial charge is 0.0912 e. The molecule has 0 aromatic heterocycles. The summed E-state index contributed by atoms with van der Waals surface area (Å²) < 4.78 is 0. The number of nitrogen functional groups attached to an aromatic ring is 1. The van der Waals surface area contributed by atoms with Crippen molar-refractivity contribution >= 4 is 23.4 Å². The minimum Gasteiger partial charge on any atom is -0.398 e. The van der Waals surface area contributed by atoms with Crippen LogP contribution in [0.25, 0.3) is 6.08 Å². The molecule has 2 N–H and O–H groups in total. The molecule has 0 aliphatic rings. The number of anilines is 1. The Morgan fingerprint density at radius 2 is 2.25 bits per heavy atom. The van der Waals surface area contributed by atoms with Crippen molar-refractivity contribution < 1.29 is 0 Å². The number of hydrogen-bond donors (Lipinski definition) is 1. The fraction of sp³-hybridized carbons (Fsp3) is 0. The lowest BCUT2D eigenvalue weighted by Crippen LogP contribution is -1.85. The van der Waals surface area contributed by atoms with Gasteiger partial charge in [-0.2, -0.15) is 5.26 Å². The monoisotopic (exact) mass is 178 g/mol. The number of halogens is 1. The zero-order valence-electron chi connectivity index (χ0n) is 6.29. The summed E-state index contributed by atoms with van der Waals surface area (Å²) in [5.41, 5.74) is 6.91. The zero-order valence-corrected chi connectivity index (χ0v) is 7.05. The van der Waals surface area contributed by atoms with E-state index in [9.17, 15) is 0 Å². The molecule has 0 unspecified atom stereocenters. The molecule has 1 aromatic rings. The Bertz CT molecular complexity index is 350. The summed E-state index contributed by atoms with van der Waals surface area (Å²) in [6.07, 6.45) is 3.06. The van der Waals surface area contributed by atoms with E-state index in [1.54, 1.807) is 24.3 Å². The minimum absolute atomic E-state index is 0.509. The van der Waals surface area contributed by atoms with Gasteiger partial charge in [-0.15, -0.1) is 0 Å². The molecule has 60 valence electrons. The van der Waals surface area contributed by atoms with Crippen LogP contribution in [0.4, 0.5) is 5.69 Å². The van der Waals surface area contributed by atoms with Gasteiger partial charge in [-0.25, -0.2) is 0 Å². The first-order valence-electron chi connectivity index (χ1n) is 3.35. The summed E-state index contributed by atoms with van der Waals surface area (Å²) in [5, 5.41) is 8.77. The van der Waals surface area contributed by atoms with Crippen LogP contribution < -0.4 is 5.73 Å². The number of nitrogens with two attached hydrogens (primary N) is 1. The van der Waals surface area contributed by atoms with Gasteiger partial charge in [0.2, 0.25) is 0 Å². The standard InChI is InChI=1S/C9H7ClN2/c10-8-6-7(2-1-5-11)3-4-9(8)12/h1-4,6H,12H2. The van der Waals surface area contributed by atoms with E-state index in [1.165, 1.54) is 6.08 Å². The Kier molecular flexibility index (Phi) is 2.73. The minimum atomic E-state index is 0.509. The van der Waals surface area contributed by atoms with Crippen molar-refractivity contribution in [1.82, 2.24) is 0 Å². The first-order valence-corrected chi connectivity index (χ1v) is 3.73. The molecule has 0 saturated carbocycles. The van der Waals surface area contributed by atoms with Gasteiger partial charge >= 0.3 is 0 Å². The first-order chi connectivity index (χ1) is 5.74. The quantitative estimate of drug-likeness (QED) is 0.531. The lowest BCUT2D eigenvalue weighted by Gasteiger charge is -1.97. The number of nitrogens with zero attached hydrogens (tertiary/aromatic N) is 1. The van der Waals surface area contributed by atoms with Crippen molar-refractivity contribution in [3.63, 3.8) is 0 Å². The third kappa shape index (κ3) is 2.01. The van der Waals surface area contributed by atoms with Gasteiger partial charge in [0.1, 0.15) is 0 Å². The molecule has 0 spiro atoms. The molecule has 0 radical (unpaired) electrons. The summed E-state index contributed by atoms with van der Waals surface area (Å²) in [6, 6.07) is 7.12. The van der Waals surface area contributed by atoms with Crippen LogP contribution in [0.15, 0.2) is 24.3 Å². The highest BCUT2D eigenvalue weighted by atomic mass is 35.5. The molecule has 0 aliphatic heterocycles. The van der Waals surface area contributed by atoms with Gasteiger partial charge in [-0.3, -0.25) is 0 Å². The van der Waals surface area contributed by atoms with Crippen LogP contribution in [-0.4, -0.2) is 0 Å². The molecule has 0 fully saturated rings. The molecule has 0 bridgehead atoms. The van der Waals surface area contributed by atoms with E-state index in [4.69, 9.17) is 22.6 Å². The lowest BCUT2D eigenvalue weighted by molar-refractivity contribution is 1.54. The van der Waals surface area contributed by atoms with Gasteiger partial charge in [-0.05, 0) is 23.8 Å². The molecular formula is C9H7ClN2. The molecule has 3 heteroatoms. The first kappa shape index (κ1) is 8.63. The van der Waals surface area contributed by atoms with Gasteiger partial charge in [0, 0.05) is 6.08 Å². The predicted octanol–water partition coefficient (Wildman–Crippen LogP) is 2.46. The molecule has 12 heavy (non-hydrogen) atoms. The van der Waals surface area contributed by atoms with E-state index in [0.29, 0.717) is 10.7 Å². The lowest BCUT2D eigenvalue weighted by atomic mass is 10.2. The Hall–Kier alpha value is -1.46. The third-order valence-corrected chi connectivity index (χ3v) is 1.70. The normalized spacial score (nSPS) is 10.0. The molecule has 0 heterocycles. The number of rotatable bonds is 1. The topological polar surface area (TPSA) is 49.8 Å². The van der Waals surface area contributed by atoms with Crippen LogP contribution in [0.5, 0.6) is 0 Å². The van der Waals surface area contributed by atoms with E-state index in [1.807, 2.05) is 6.07 Å². The van der Waals surface area contributed by atoms with Gasteiger partial charge in [0.05, 0.1) is 16.8 Å². The predicted molar refractivity (Wildman–Crippen MR) is 50.5 cm³/mol. The van der Waals surface area contributed by atoms with Crippen LogP contribution in [0.3, 0.4) is 0 Å². The van der Waals surface area contributed by atoms with E-state index >= 15 is 0 Å². The van der Waals surface area contributed by atoms with E-state index in [2.05, 4.69) is 0 Å². The Morgan fingerprint density at radius 3 is 2.83 bits per heavy atom. The van der Waals surface area contributed by atoms with Crippen molar-refractivity contribution in [3.8, 4) is 6.07 Å². The average Bonchev–Trinajstić information content (AvgIpc) is 2.07. The molecule has 0 saturated heterocycles. The summed E-state index contributed by atoms with van der Waals surface area (Å²) in [7, 11) is 0. The summed E-state index contributed by atoms with van der Waals surface area (Å²) in [6.45, 7) is 0. The van der Waals surface area contributed by atoms with Crippen molar-refractivity contribution in [2.75, 3.05) is 5.73 Å². The van der Waals surface area contributed by atoms with Crippen molar-refractivity contribution in [2.45, 2.75) is 0 Å². The molecule has 2 nitrogen and oxygen atoms in total. The second-order valence-electron chi connectivity index (χ2n) is 2.24. The number of hydrogen-bond acceptors (Lipinski definition) is 2. The highest BCUT2D eigenvalue weighted by Crippen LogP contribution is 2.20. The third-order valence-electron chi connectivity index (χ3n) is 1.37. The van der Waals surface area contributed by atoms with Crippen molar-refractivity contribution in [3.05, 3.63) is 34.9 Å². The van der Waals surface area contributed by atoms with Gasteiger partial charge < -0.3 is 5.73 Å². The highest BCUT2D eigenvalue weighted by Gasteiger charge is 1.94. The largest absolute Gasteiger partial charge is 0.398 e. The van der Waals surface area contributed by atoms with Crippen molar-refractivity contribution in [2.24, 2.45) is 0 Å². The second-order valence-corrected chi connectivity index (χ2v) is 2.65. The summed E-state index contributed by atoms with van der Waals surface area (Å²) >= 11 is 5.75. The molecular weight excluding hydrogens is 172 g/mol. The maximum absolute atomic E-state index is 8.26. The molecule has 1 aromatic carbocycles. The van der Waals surface area contributed by atoms with E-state index < -0.39 is 0 Å². The summed E-state index contributed by atoms with van der Waals surface area (Å²) in [5.74, 6) is 0. The fourth-order valence-corrected chi connectivity index (χ4v) is 0.970. The summed E-state index contributed by atoms with van der Waals surface area (Å²) in [4.78, 5) is 0. The molecule has 0 atom stereocenters. The highest BCUT2D eigenvalue weighted by molar-refractivity contribution is 6.33. The molecule has 0 aliphatic carbocycles. The van der Waals surface area contributed by atoms with Crippen LogP contribution >= 0.6 is 11.6 Å². The van der Waals surface area contributed by atoms with Crippen LogP contribution in [0, 0.1) is 11.3 Å². The maximum atomic E-state index is 8.26. The van der Waals surface area contributed by atoms with Gasteiger partial charge in [0.15, 0.2) is 0 Å². The Balaban J connectivity index is 2.99. The van der Waals surface area contributed by atoms with Crippen LogP contribution in [0.1, 0.15) is 5.56 Å². The van der Waals surface area contributed by atoms with E-state index in [-0.39, 0.29) is 0 Å². The number of nitriles is 1.